The highest BCUT2D eigenvalue weighted by molar-refractivity contribution is 5.08. The molecule has 0 bridgehead atoms. The SMILES string of the molecule is C=C[C@H]1C=CCC[C@H]1C=C. The summed E-state index contributed by atoms with van der Waals surface area (Å²) in [5.41, 5.74) is 0. The van der Waals surface area contributed by atoms with Crippen LogP contribution in [0.2, 0.25) is 0 Å². The van der Waals surface area contributed by atoms with Gasteiger partial charge in [-0.2, -0.15) is 0 Å². The third-order valence-corrected chi connectivity index (χ3v) is 2.09. The van der Waals surface area contributed by atoms with Crippen LogP contribution in [-0.2, 0) is 0 Å². The Balaban J connectivity index is 2.64. The van der Waals surface area contributed by atoms with Crippen molar-refractivity contribution in [1.29, 1.82) is 0 Å². The quantitative estimate of drug-likeness (QED) is 0.509. The van der Waals surface area contributed by atoms with E-state index in [0.29, 0.717) is 11.8 Å². The van der Waals surface area contributed by atoms with Gasteiger partial charge >= 0.3 is 0 Å². The first-order chi connectivity index (χ1) is 4.88. The molecule has 0 aliphatic heterocycles. The van der Waals surface area contributed by atoms with E-state index in [9.17, 15) is 0 Å². The van der Waals surface area contributed by atoms with Crippen LogP contribution in [0.4, 0.5) is 0 Å². The minimum absolute atomic E-state index is 0.534. The van der Waals surface area contributed by atoms with Gasteiger partial charge in [-0.3, -0.25) is 0 Å². The average molecular weight is 134 g/mol. The molecule has 0 aromatic rings. The molecule has 0 amide bonds. The van der Waals surface area contributed by atoms with E-state index < -0.39 is 0 Å². The van der Waals surface area contributed by atoms with Gasteiger partial charge in [0, 0.05) is 5.92 Å². The molecule has 1 aliphatic carbocycles. The summed E-state index contributed by atoms with van der Waals surface area (Å²) in [5, 5.41) is 0. The van der Waals surface area contributed by atoms with E-state index in [-0.39, 0.29) is 0 Å². The van der Waals surface area contributed by atoms with Crippen molar-refractivity contribution >= 4 is 0 Å². The first kappa shape index (κ1) is 7.33. The average Bonchev–Trinajstić information content (AvgIpc) is 2.04. The molecule has 0 nitrogen and oxygen atoms in total. The fraction of sp³-hybridized carbons (Fsp3) is 0.400. The summed E-state index contributed by atoms with van der Waals surface area (Å²) in [6.45, 7) is 7.58. The molecule has 1 rings (SSSR count). The first-order valence-electron chi connectivity index (χ1n) is 3.80. The van der Waals surface area contributed by atoms with Gasteiger partial charge in [-0.1, -0.05) is 24.3 Å². The zero-order chi connectivity index (χ0) is 7.40. The smallest absolute Gasteiger partial charge is 0.000670 e. The summed E-state index contributed by atoms with van der Waals surface area (Å²) in [7, 11) is 0. The molecule has 0 aromatic carbocycles. The fourth-order valence-corrected chi connectivity index (χ4v) is 1.41. The number of hydrogen-bond acceptors (Lipinski definition) is 0. The molecule has 0 aromatic heterocycles. The Morgan fingerprint density at radius 2 is 2.10 bits per heavy atom. The predicted octanol–water partition coefficient (Wildman–Crippen LogP) is 2.94. The summed E-state index contributed by atoms with van der Waals surface area (Å²) in [4.78, 5) is 0. The Morgan fingerprint density at radius 1 is 1.30 bits per heavy atom. The molecule has 0 saturated heterocycles. The molecule has 0 N–H and O–H groups in total. The maximum Gasteiger partial charge on any atom is 0.000670 e. The van der Waals surface area contributed by atoms with Crippen LogP contribution in [0.25, 0.3) is 0 Å². The topological polar surface area (TPSA) is 0 Å². The normalized spacial score (nSPS) is 31.6. The van der Waals surface area contributed by atoms with Crippen LogP contribution < -0.4 is 0 Å². The minimum atomic E-state index is 0.534. The third kappa shape index (κ3) is 1.38. The first-order valence-corrected chi connectivity index (χ1v) is 3.80. The van der Waals surface area contributed by atoms with Crippen LogP contribution in [-0.4, -0.2) is 0 Å². The van der Waals surface area contributed by atoms with Crippen molar-refractivity contribution < 1.29 is 0 Å². The number of allylic oxidation sites excluding steroid dienone is 4. The van der Waals surface area contributed by atoms with Gasteiger partial charge in [-0.15, -0.1) is 13.2 Å². The molecule has 0 unspecified atom stereocenters. The van der Waals surface area contributed by atoms with Crippen molar-refractivity contribution in [2.45, 2.75) is 12.8 Å². The Kier molecular flexibility index (Phi) is 2.49. The van der Waals surface area contributed by atoms with Crippen LogP contribution in [0, 0.1) is 11.8 Å². The monoisotopic (exact) mass is 134 g/mol. The van der Waals surface area contributed by atoms with Gasteiger partial charge in [0.15, 0.2) is 0 Å². The number of hydrogen-bond donors (Lipinski definition) is 0. The van der Waals surface area contributed by atoms with Crippen LogP contribution in [0.1, 0.15) is 12.8 Å². The van der Waals surface area contributed by atoms with Crippen LogP contribution in [0.5, 0.6) is 0 Å². The maximum atomic E-state index is 3.80. The Hall–Kier alpha value is -0.780. The van der Waals surface area contributed by atoms with Crippen molar-refractivity contribution in [3.05, 3.63) is 37.5 Å². The molecule has 0 heterocycles. The van der Waals surface area contributed by atoms with Gasteiger partial charge in [-0.25, -0.2) is 0 Å². The summed E-state index contributed by atoms with van der Waals surface area (Å²) in [6, 6.07) is 0. The van der Waals surface area contributed by atoms with Crippen molar-refractivity contribution in [3.8, 4) is 0 Å². The fourth-order valence-electron chi connectivity index (χ4n) is 1.41. The van der Waals surface area contributed by atoms with Gasteiger partial charge < -0.3 is 0 Å². The summed E-state index contributed by atoms with van der Waals surface area (Å²) in [6.07, 6.45) is 10.9. The molecule has 0 radical (unpaired) electrons. The van der Waals surface area contributed by atoms with Crippen LogP contribution in [0.3, 0.4) is 0 Å². The van der Waals surface area contributed by atoms with Gasteiger partial charge in [0.1, 0.15) is 0 Å². The van der Waals surface area contributed by atoms with Crippen LogP contribution >= 0.6 is 0 Å². The lowest BCUT2D eigenvalue weighted by atomic mass is 9.84. The van der Waals surface area contributed by atoms with Crippen molar-refractivity contribution in [1.82, 2.24) is 0 Å². The van der Waals surface area contributed by atoms with E-state index >= 15 is 0 Å². The van der Waals surface area contributed by atoms with E-state index in [2.05, 4.69) is 25.3 Å². The number of rotatable bonds is 2. The Bertz CT molecular complexity index is 153. The zero-order valence-electron chi connectivity index (χ0n) is 6.29. The van der Waals surface area contributed by atoms with Gasteiger partial charge in [-0.05, 0) is 18.8 Å². The maximum absolute atomic E-state index is 3.80. The summed E-state index contributed by atoms with van der Waals surface area (Å²) < 4.78 is 0. The second-order valence-corrected chi connectivity index (χ2v) is 2.72. The second kappa shape index (κ2) is 3.40. The lowest BCUT2D eigenvalue weighted by Gasteiger charge is -2.21. The lowest BCUT2D eigenvalue weighted by Crippen LogP contribution is -2.10. The molecule has 10 heavy (non-hydrogen) atoms. The van der Waals surface area contributed by atoms with Crippen molar-refractivity contribution in [3.63, 3.8) is 0 Å². The molecule has 0 saturated carbocycles. The largest absolute Gasteiger partial charge is 0.103 e. The molecule has 54 valence electrons. The van der Waals surface area contributed by atoms with Gasteiger partial charge in [0.2, 0.25) is 0 Å². The van der Waals surface area contributed by atoms with Crippen molar-refractivity contribution in [2.75, 3.05) is 0 Å². The molecular weight excluding hydrogens is 120 g/mol. The highest BCUT2D eigenvalue weighted by Gasteiger charge is 2.14. The molecular formula is C10H14. The van der Waals surface area contributed by atoms with E-state index in [1.807, 2.05) is 12.2 Å². The molecule has 0 heteroatoms. The molecule has 0 spiro atoms. The van der Waals surface area contributed by atoms with Gasteiger partial charge in [0.05, 0.1) is 0 Å². The van der Waals surface area contributed by atoms with E-state index in [4.69, 9.17) is 0 Å². The third-order valence-electron chi connectivity index (χ3n) is 2.09. The lowest BCUT2D eigenvalue weighted by molar-refractivity contribution is 0.498. The Labute approximate surface area is 62.9 Å². The molecule has 2 atom stereocenters. The zero-order valence-corrected chi connectivity index (χ0v) is 6.29. The molecule has 0 fully saturated rings. The van der Waals surface area contributed by atoms with E-state index in [1.165, 1.54) is 12.8 Å². The van der Waals surface area contributed by atoms with E-state index in [1.54, 1.807) is 0 Å². The highest BCUT2D eigenvalue weighted by atomic mass is 14.2. The predicted molar refractivity (Wildman–Crippen MR) is 45.7 cm³/mol. The van der Waals surface area contributed by atoms with E-state index in [0.717, 1.165) is 0 Å². The highest BCUT2D eigenvalue weighted by Crippen LogP contribution is 2.25. The standard InChI is InChI=1S/C10H14/c1-3-9-7-5-6-8-10(9)4-2/h3-5,7,9-10H,1-2,6,8H2/t9-,10+/m0/s1. The second-order valence-electron chi connectivity index (χ2n) is 2.72. The van der Waals surface area contributed by atoms with Crippen molar-refractivity contribution in [2.24, 2.45) is 11.8 Å². The van der Waals surface area contributed by atoms with Gasteiger partial charge in [0.25, 0.3) is 0 Å². The molecule has 1 aliphatic rings. The summed E-state index contributed by atoms with van der Waals surface area (Å²) in [5.74, 6) is 1.16. The Morgan fingerprint density at radius 3 is 2.60 bits per heavy atom. The minimum Gasteiger partial charge on any atom is -0.103 e. The summed E-state index contributed by atoms with van der Waals surface area (Å²) >= 11 is 0. The van der Waals surface area contributed by atoms with Crippen LogP contribution in [0.15, 0.2) is 37.5 Å².